The average Bonchev–Trinajstić information content (AvgIpc) is 2.96. The number of nitrogens with one attached hydrogen (secondary N) is 2. The van der Waals surface area contributed by atoms with Gasteiger partial charge in [0.2, 0.25) is 6.79 Å². The van der Waals surface area contributed by atoms with Crippen LogP contribution in [0, 0.1) is 5.92 Å². The molecule has 1 aromatic rings. The molecule has 1 aromatic carbocycles. The quantitative estimate of drug-likeness (QED) is 0.683. The second-order valence-corrected chi connectivity index (χ2v) is 4.06. The Bertz CT molecular complexity index is 463. The largest absolute Gasteiger partial charge is 0.481 e. The molecule has 0 aromatic heterocycles. The molecule has 0 aliphatic carbocycles. The summed E-state index contributed by atoms with van der Waals surface area (Å²) < 4.78 is 10.5. The summed E-state index contributed by atoms with van der Waals surface area (Å²) in [5.41, 5.74) is 6.72. The normalized spacial score (nSPS) is 26.1. The number of aliphatic carboxylic acids is 1. The van der Waals surface area contributed by atoms with Crippen LogP contribution in [0.5, 0.6) is 11.5 Å². The third-order valence-electron chi connectivity index (χ3n) is 3.05. The molecule has 3 rings (SSSR count). The zero-order chi connectivity index (χ0) is 11.8. The Morgan fingerprint density at radius 1 is 1.35 bits per heavy atom. The summed E-state index contributed by atoms with van der Waals surface area (Å²) >= 11 is 0. The predicted molar refractivity (Wildman–Crippen MR) is 57.6 cm³/mol. The van der Waals surface area contributed by atoms with E-state index in [-0.39, 0.29) is 12.8 Å². The lowest BCUT2D eigenvalue weighted by atomic mass is 9.95. The molecule has 2 unspecified atom stereocenters. The van der Waals surface area contributed by atoms with Gasteiger partial charge in [0.1, 0.15) is 0 Å². The number of rotatable bonds is 2. The Balaban J connectivity index is 1.91. The standard InChI is InChI=1S/C11H12N2O4/c14-11(15)7-4-12-13-10(7)6-1-2-8-9(3-6)17-5-16-8/h1-3,7,10,12-13H,4-5H2,(H,14,15). The minimum absolute atomic E-state index is 0.220. The lowest BCUT2D eigenvalue weighted by Crippen LogP contribution is -2.26. The summed E-state index contributed by atoms with van der Waals surface area (Å²) in [4.78, 5) is 11.1. The van der Waals surface area contributed by atoms with Crippen LogP contribution in [0.4, 0.5) is 0 Å². The van der Waals surface area contributed by atoms with Crippen molar-refractivity contribution in [2.45, 2.75) is 6.04 Å². The Labute approximate surface area is 97.5 Å². The Hall–Kier alpha value is -1.79. The molecule has 2 aliphatic heterocycles. The molecule has 17 heavy (non-hydrogen) atoms. The minimum Gasteiger partial charge on any atom is -0.481 e. The Morgan fingerprint density at radius 3 is 3.00 bits per heavy atom. The maximum atomic E-state index is 11.1. The third-order valence-corrected chi connectivity index (χ3v) is 3.05. The van der Waals surface area contributed by atoms with E-state index in [2.05, 4.69) is 10.9 Å². The second-order valence-electron chi connectivity index (χ2n) is 4.06. The molecule has 0 spiro atoms. The molecular formula is C11H12N2O4. The van der Waals surface area contributed by atoms with Crippen LogP contribution < -0.4 is 20.3 Å². The van der Waals surface area contributed by atoms with E-state index in [1.807, 2.05) is 12.1 Å². The first kappa shape index (κ1) is 10.4. The minimum atomic E-state index is -0.815. The average molecular weight is 236 g/mol. The fourth-order valence-corrected chi connectivity index (χ4v) is 2.15. The zero-order valence-electron chi connectivity index (χ0n) is 8.97. The van der Waals surface area contributed by atoms with Crippen molar-refractivity contribution in [1.29, 1.82) is 0 Å². The number of ether oxygens (including phenoxy) is 2. The summed E-state index contributed by atoms with van der Waals surface area (Å²) in [5.74, 6) is 0.0764. The van der Waals surface area contributed by atoms with Crippen molar-refractivity contribution in [1.82, 2.24) is 10.9 Å². The fourth-order valence-electron chi connectivity index (χ4n) is 2.15. The predicted octanol–water partition coefficient (Wildman–Crippen LogP) is 0.265. The van der Waals surface area contributed by atoms with Gasteiger partial charge in [0.15, 0.2) is 11.5 Å². The van der Waals surface area contributed by atoms with Crippen molar-refractivity contribution in [3.05, 3.63) is 23.8 Å². The molecular weight excluding hydrogens is 224 g/mol. The molecule has 0 saturated carbocycles. The van der Waals surface area contributed by atoms with Gasteiger partial charge >= 0.3 is 5.97 Å². The van der Waals surface area contributed by atoms with Gasteiger partial charge in [-0.3, -0.25) is 10.2 Å². The van der Waals surface area contributed by atoms with E-state index in [0.717, 1.165) is 5.56 Å². The molecule has 3 N–H and O–H groups in total. The van der Waals surface area contributed by atoms with Gasteiger partial charge in [0.25, 0.3) is 0 Å². The molecule has 0 amide bonds. The van der Waals surface area contributed by atoms with E-state index in [1.54, 1.807) is 6.07 Å². The first-order valence-corrected chi connectivity index (χ1v) is 5.36. The number of hydrazine groups is 1. The van der Waals surface area contributed by atoms with Crippen LogP contribution in [0.25, 0.3) is 0 Å². The molecule has 1 saturated heterocycles. The van der Waals surface area contributed by atoms with Crippen molar-refractivity contribution in [3.63, 3.8) is 0 Å². The van der Waals surface area contributed by atoms with Crippen LogP contribution in [0.2, 0.25) is 0 Å². The van der Waals surface area contributed by atoms with Gasteiger partial charge in [0, 0.05) is 6.54 Å². The van der Waals surface area contributed by atoms with Gasteiger partial charge in [-0.1, -0.05) is 6.07 Å². The number of carboxylic acids is 1. The van der Waals surface area contributed by atoms with E-state index in [1.165, 1.54) is 0 Å². The summed E-state index contributed by atoms with van der Waals surface area (Å²) in [5, 5.41) is 9.10. The number of fused-ring (bicyclic) bond motifs is 1. The molecule has 0 bridgehead atoms. The number of hydrogen-bond acceptors (Lipinski definition) is 5. The summed E-state index contributed by atoms with van der Waals surface area (Å²) in [6.45, 7) is 0.631. The topological polar surface area (TPSA) is 79.8 Å². The molecule has 6 heteroatoms. The first-order chi connectivity index (χ1) is 8.25. The van der Waals surface area contributed by atoms with Crippen molar-refractivity contribution in [2.75, 3.05) is 13.3 Å². The first-order valence-electron chi connectivity index (χ1n) is 5.36. The summed E-state index contributed by atoms with van der Waals surface area (Å²) in [6, 6.07) is 5.23. The van der Waals surface area contributed by atoms with Crippen LogP contribution >= 0.6 is 0 Å². The highest BCUT2D eigenvalue weighted by atomic mass is 16.7. The highest BCUT2D eigenvalue weighted by molar-refractivity contribution is 5.72. The van der Waals surface area contributed by atoms with Crippen molar-refractivity contribution >= 4 is 5.97 Å². The van der Waals surface area contributed by atoms with Crippen LogP contribution in [-0.2, 0) is 4.79 Å². The van der Waals surface area contributed by atoms with Gasteiger partial charge in [-0.05, 0) is 17.7 Å². The van der Waals surface area contributed by atoms with Crippen molar-refractivity contribution in [2.24, 2.45) is 5.92 Å². The Morgan fingerprint density at radius 2 is 2.18 bits per heavy atom. The van der Waals surface area contributed by atoms with E-state index < -0.39 is 11.9 Å². The van der Waals surface area contributed by atoms with Crippen molar-refractivity contribution < 1.29 is 19.4 Å². The lowest BCUT2D eigenvalue weighted by molar-refractivity contribution is -0.141. The van der Waals surface area contributed by atoms with E-state index in [4.69, 9.17) is 14.6 Å². The summed E-state index contributed by atoms with van der Waals surface area (Å²) in [6.07, 6.45) is 0. The number of carboxylic acid groups (broad SMARTS) is 1. The highest BCUT2D eigenvalue weighted by Crippen LogP contribution is 2.36. The van der Waals surface area contributed by atoms with Gasteiger partial charge in [-0.25, -0.2) is 5.43 Å². The maximum Gasteiger partial charge on any atom is 0.309 e. The van der Waals surface area contributed by atoms with Crippen molar-refractivity contribution in [3.8, 4) is 11.5 Å². The molecule has 6 nitrogen and oxygen atoms in total. The Kier molecular flexibility index (Phi) is 2.38. The second kappa shape index (κ2) is 3.90. The van der Waals surface area contributed by atoms with Gasteiger partial charge in [0.05, 0.1) is 12.0 Å². The summed E-state index contributed by atoms with van der Waals surface area (Å²) in [7, 11) is 0. The van der Waals surface area contributed by atoms with Crippen LogP contribution in [0.1, 0.15) is 11.6 Å². The molecule has 1 fully saturated rings. The fraction of sp³-hybridized carbons (Fsp3) is 0.364. The molecule has 2 heterocycles. The third kappa shape index (κ3) is 1.71. The molecule has 90 valence electrons. The van der Waals surface area contributed by atoms with Gasteiger partial charge in [-0.15, -0.1) is 0 Å². The molecule has 2 atom stereocenters. The zero-order valence-corrected chi connectivity index (χ0v) is 8.97. The number of carbonyl (C=O) groups is 1. The highest BCUT2D eigenvalue weighted by Gasteiger charge is 2.34. The smallest absolute Gasteiger partial charge is 0.309 e. The number of hydrogen-bond donors (Lipinski definition) is 3. The van der Waals surface area contributed by atoms with Crippen LogP contribution in [0.3, 0.4) is 0 Å². The monoisotopic (exact) mass is 236 g/mol. The SMILES string of the molecule is O=C(O)C1CNNC1c1ccc2c(c1)OCO2. The van der Waals surface area contributed by atoms with E-state index in [0.29, 0.717) is 18.0 Å². The maximum absolute atomic E-state index is 11.1. The van der Waals surface area contributed by atoms with Crippen LogP contribution in [0.15, 0.2) is 18.2 Å². The molecule has 0 radical (unpaired) electrons. The molecule has 2 aliphatic rings. The van der Waals surface area contributed by atoms with E-state index >= 15 is 0 Å². The van der Waals surface area contributed by atoms with Crippen LogP contribution in [-0.4, -0.2) is 24.4 Å². The number of benzene rings is 1. The van der Waals surface area contributed by atoms with Gasteiger partial charge < -0.3 is 14.6 Å². The lowest BCUT2D eigenvalue weighted by Gasteiger charge is -2.15. The van der Waals surface area contributed by atoms with Gasteiger partial charge in [-0.2, -0.15) is 0 Å². The van der Waals surface area contributed by atoms with E-state index in [9.17, 15) is 4.79 Å².